The van der Waals surface area contributed by atoms with Gasteiger partial charge in [-0.3, -0.25) is 32.5 Å². The van der Waals surface area contributed by atoms with Crippen LogP contribution in [0.2, 0.25) is 0 Å². The molecule has 0 bridgehead atoms. The zero-order chi connectivity index (χ0) is 75.2. The van der Waals surface area contributed by atoms with Gasteiger partial charge >= 0.3 is 33.6 Å². The lowest BCUT2D eigenvalue weighted by Crippen LogP contribution is -2.30. The monoisotopic (exact) mass is 1480 g/mol. The fraction of sp³-hybridized carbons (Fsp3) is 0.635. The highest BCUT2D eigenvalue weighted by molar-refractivity contribution is 7.47. The molecule has 0 aromatic carbocycles. The molecule has 0 fully saturated rings. The number of aliphatic hydroxyl groups excluding tert-OH is 2. The summed E-state index contributed by atoms with van der Waals surface area (Å²) in [4.78, 5) is 58.5. The number of phosphoric ester groups is 2. The minimum absolute atomic E-state index is 0.00797. The summed E-state index contributed by atoms with van der Waals surface area (Å²) in [6.45, 7) is 2.27. The van der Waals surface area contributed by atoms with Gasteiger partial charge in [0.15, 0.2) is 6.10 Å². The molecule has 0 radical (unpaired) electrons. The van der Waals surface area contributed by atoms with Crippen LogP contribution in [0.1, 0.15) is 290 Å². The van der Waals surface area contributed by atoms with E-state index in [9.17, 15) is 43.5 Å². The van der Waals surface area contributed by atoms with Crippen molar-refractivity contribution in [3.8, 4) is 0 Å². The molecule has 0 rings (SSSR count). The van der Waals surface area contributed by atoms with Crippen molar-refractivity contribution in [2.45, 2.75) is 309 Å². The van der Waals surface area contributed by atoms with Crippen molar-refractivity contribution < 1.29 is 75.8 Å². The van der Waals surface area contributed by atoms with Gasteiger partial charge in [-0.15, -0.1) is 0 Å². The Balaban J connectivity index is 4.52. The summed E-state index contributed by atoms with van der Waals surface area (Å²) < 4.78 is 60.9. The Morgan fingerprint density at radius 1 is 0.282 bits per heavy atom. The normalized spacial score (nSPS) is 14.9. The van der Waals surface area contributed by atoms with Gasteiger partial charge in [0, 0.05) is 19.3 Å². The number of esters is 3. The fourth-order valence-electron chi connectivity index (χ4n) is 9.98. The Bertz CT molecular complexity index is 2550. The number of hydrogen-bond acceptors (Lipinski definition) is 14. The van der Waals surface area contributed by atoms with Crippen LogP contribution in [0.15, 0.2) is 170 Å². The standard InChI is InChI=1S/C85H140O16P2/c1-4-7-10-13-16-19-22-25-28-31-32-33-34-35-36-37-38-39-40-41-42-43-44-45-46-49-51-53-56-59-62-65-68-71-83(88)95-74-80(86)75-97-102(91,92)98-76-81(87)77-99-103(93,94)100-79-82(101-85(90)73-70-67-64-61-58-55-52-48-30-27-24-21-18-15-12-9-6-3)78-96-84(89)72-69-66-63-60-57-54-50-47-29-26-23-20-17-14-11-8-5-2/h8-9,11-12,16-21,25-30,32-33,35-36,50,52,54-55,60-61,63-64,80-82,86-87H,4-7,10,13-15,22-24,31,34,37-49,51,53,56-59,62,65-79H2,1-3H3,(H,91,92)(H,93,94)/b11-8-,12-9-,19-16-,20-17-,21-18-,28-25-,29-26-,30-27-,33-32-,36-35-,54-50-,55-52-,63-60-,64-61-. The lowest BCUT2D eigenvalue weighted by molar-refractivity contribution is -0.161. The average molecular weight is 1480 g/mol. The zero-order valence-electron chi connectivity index (χ0n) is 63.9. The van der Waals surface area contributed by atoms with E-state index in [2.05, 4.69) is 167 Å². The number of carbonyl (C=O) groups excluding carboxylic acids is 3. The third-order valence-corrected chi connectivity index (χ3v) is 17.8. The summed E-state index contributed by atoms with van der Waals surface area (Å²) in [6, 6.07) is 0. The number of aliphatic hydroxyl groups is 2. The van der Waals surface area contributed by atoms with Gasteiger partial charge in [0.2, 0.25) is 0 Å². The lowest BCUT2D eigenvalue weighted by Gasteiger charge is -2.21. The van der Waals surface area contributed by atoms with E-state index in [1.54, 1.807) is 0 Å². The molecule has 5 atom stereocenters. The number of phosphoric acid groups is 2. The topological polar surface area (TPSA) is 231 Å². The molecule has 0 aliphatic carbocycles. The van der Waals surface area contributed by atoms with Crippen LogP contribution in [0.3, 0.4) is 0 Å². The summed E-state index contributed by atoms with van der Waals surface area (Å²) in [7, 11) is -9.83. The van der Waals surface area contributed by atoms with Crippen molar-refractivity contribution in [3.05, 3.63) is 170 Å². The fourth-order valence-corrected chi connectivity index (χ4v) is 11.6. The number of hydrogen-bond donors (Lipinski definition) is 4. The molecule has 18 heteroatoms. The Labute approximate surface area is 624 Å². The van der Waals surface area contributed by atoms with E-state index in [0.717, 1.165) is 103 Å². The van der Waals surface area contributed by atoms with E-state index in [4.69, 9.17) is 32.3 Å². The molecule has 0 spiro atoms. The second kappa shape index (κ2) is 76.6. The summed E-state index contributed by atoms with van der Waals surface area (Å²) in [5, 5.41) is 20.6. The first kappa shape index (κ1) is 97.9. The molecule has 586 valence electrons. The van der Waals surface area contributed by atoms with E-state index in [0.29, 0.717) is 32.1 Å². The van der Waals surface area contributed by atoms with Crippen LogP contribution >= 0.6 is 15.6 Å². The zero-order valence-corrected chi connectivity index (χ0v) is 65.7. The van der Waals surface area contributed by atoms with Gasteiger partial charge in [-0.25, -0.2) is 9.13 Å². The molecule has 16 nitrogen and oxygen atoms in total. The first-order valence-corrected chi connectivity index (χ1v) is 42.4. The van der Waals surface area contributed by atoms with Gasteiger partial charge in [-0.2, -0.15) is 0 Å². The number of unbranched alkanes of at least 4 members (excludes halogenated alkanes) is 22. The van der Waals surface area contributed by atoms with Crippen LogP contribution in [0, 0.1) is 0 Å². The van der Waals surface area contributed by atoms with Crippen LogP contribution in [0.5, 0.6) is 0 Å². The maximum absolute atomic E-state index is 12.9. The maximum Gasteiger partial charge on any atom is 0.472 e. The summed E-state index contributed by atoms with van der Waals surface area (Å²) in [5.41, 5.74) is 0. The molecular weight excluding hydrogens is 1340 g/mol. The van der Waals surface area contributed by atoms with Crippen molar-refractivity contribution in [2.24, 2.45) is 0 Å². The van der Waals surface area contributed by atoms with Crippen molar-refractivity contribution in [3.63, 3.8) is 0 Å². The minimum Gasteiger partial charge on any atom is -0.463 e. The third kappa shape index (κ3) is 77.8. The van der Waals surface area contributed by atoms with Crippen molar-refractivity contribution in [2.75, 3.05) is 39.6 Å². The quantitative estimate of drug-likeness (QED) is 0.0146. The molecular formula is C85H140O16P2. The van der Waals surface area contributed by atoms with Gasteiger partial charge in [0.05, 0.1) is 26.4 Å². The molecule has 103 heavy (non-hydrogen) atoms. The molecule has 4 N–H and O–H groups in total. The summed E-state index contributed by atoms with van der Waals surface area (Å²) in [6.07, 6.45) is 97.3. The highest BCUT2D eigenvalue weighted by Gasteiger charge is 2.29. The third-order valence-electron chi connectivity index (χ3n) is 15.9. The van der Waals surface area contributed by atoms with E-state index in [1.807, 2.05) is 24.3 Å². The Morgan fingerprint density at radius 2 is 0.524 bits per heavy atom. The SMILES string of the molecule is CC/C=C\C/C=C\C/C=C\C/C=C\C/C=C\CCCC(=O)OCC(COP(=O)(O)OCC(O)COP(=O)(O)OCC(O)COC(=O)CCCCCCCCCCCCCCCCCCC/C=C\C/C=C\C/C=C\C/C=C\CCCCC)OC(=O)CCC/C=C\C/C=C\C/C=C\C/C=C\C/C=C\CC. The van der Waals surface area contributed by atoms with Crippen LogP contribution in [-0.2, 0) is 55.8 Å². The minimum atomic E-state index is -4.96. The van der Waals surface area contributed by atoms with Gasteiger partial charge in [0.25, 0.3) is 0 Å². The first-order chi connectivity index (χ1) is 50.2. The number of rotatable bonds is 73. The molecule has 0 aromatic rings. The summed E-state index contributed by atoms with van der Waals surface area (Å²) in [5.74, 6) is -1.72. The molecule has 0 aliphatic rings. The molecule has 0 amide bonds. The number of ether oxygens (including phenoxy) is 3. The highest BCUT2D eigenvalue weighted by atomic mass is 31.2. The van der Waals surface area contributed by atoms with E-state index in [1.165, 1.54) is 116 Å². The average Bonchev–Trinajstić information content (AvgIpc) is 0.918. The van der Waals surface area contributed by atoms with Gasteiger partial charge in [-0.05, 0) is 141 Å². The predicted octanol–water partition coefficient (Wildman–Crippen LogP) is 23.2. The molecule has 0 saturated heterocycles. The van der Waals surface area contributed by atoms with E-state index in [-0.39, 0.29) is 19.3 Å². The first-order valence-electron chi connectivity index (χ1n) is 39.4. The Morgan fingerprint density at radius 3 is 0.854 bits per heavy atom. The Hall–Kier alpha value is -5.09. The van der Waals surface area contributed by atoms with E-state index < -0.39 is 91.5 Å². The second-order valence-electron chi connectivity index (χ2n) is 25.7. The summed E-state index contributed by atoms with van der Waals surface area (Å²) >= 11 is 0. The maximum atomic E-state index is 12.9. The van der Waals surface area contributed by atoms with Crippen molar-refractivity contribution in [1.29, 1.82) is 0 Å². The molecule has 0 saturated carbocycles. The number of allylic oxidation sites excluding steroid dienone is 28. The van der Waals surface area contributed by atoms with Crippen molar-refractivity contribution in [1.82, 2.24) is 0 Å². The molecule has 5 unspecified atom stereocenters. The predicted molar refractivity (Wildman–Crippen MR) is 426 cm³/mol. The lowest BCUT2D eigenvalue weighted by atomic mass is 10.0. The number of carbonyl (C=O) groups is 3. The van der Waals surface area contributed by atoms with Crippen LogP contribution in [0.25, 0.3) is 0 Å². The molecule has 0 heterocycles. The second-order valence-corrected chi connectivity index (χ2v) is 28.7. The van der Waals surface area contributed by atoms with Gasteiger partial charge in [0.1, 0.15) is 25.4 Å². The van der Waals surface area contributed by atoms with E-state index >= 15 is 0 Å². The van der Waals surface area contributed by atoms with Crippen LogP contribution in [-0.4, -0.2) is 95.9 Å². The van der Waals surface area contributed by atoms with Crippen LogP contribution < -0.4 is 0 Å². The molecule has 0 aromatic heterocycles. The Kier molecular flexibility index (Phi) is 72.8. The molecule has 0 aliphatic heterocycles. The van der Waals surface area contributed by atoms with Gasteiger partial charge in [-0.1, -0.05) is 300 Å². The highest BCUT2D eigenvalue weighted by Crippen LogP contribution is 2.45. The van der Waals surface area contributed by atoms with Gasteiger partial charge < -0.3 is 34.2 Å². The van der Waals surface area contributed by atoms with Crippen LogP contribution in [0.4, 0.5) is 0 Å². The smallest absolute Gasteiger partial charge is 0.463 e. The largest absolute Gasteiger partial charge is 0.472 e. The van der Waals surface area contributed by atoms with Crippen molar-refractivity contribution >= 4 is 33.6 Å².